The Labute approximate surface area is 119 Å². The molecule has 0 aromatic heterocycles. The predicted molar refractivity (Wildman–Crippen MR) is 75.5 cm³/mol. The second-order valence-electron chi connectivity index (χ2n) is 5.04. The van der Waals surface area contributed by atoms with Crippen molar-refractivity contribution in [1.29, 1.82) is 0 Å². The van der Waals surface area contributed by atoms with Crippen LogP contribution in [0.1, 0.15) is 18.4 Å². The van der Waals surface area contributed by atoms with Crippen molar-refractivity contribution in [3.8, 4) is 0 Å². The zero-order valence-electron chi connectivity index (χ0n) is 11.2. The molecular formula is C14H21ClF2N2. The molecule has 1 aliphatic rings. The molecule has 1 N–H and O–H groups in total. The molecule has 0 amide bonds. The van der Waals surface area contributed by atoms with Gasteiger partial charge in [0.05, 0.1) is 0 Å². The van der Waals surface area contributed by atoms with Crippen LogP contribution in [0.25, 0.3) is 0 Å². The molecule has 19 heavy (non-hydrogen) atoms. The molecule has 0 radical (unpaired) electrons. The number of hydrogen-bond acceptors (Lipinski definition) is 2. The highest BCUT2D eigenvalue weighted by molar-refractivity contribution is 5.85. The van der Waals surface area contributed by atoms with E-state index in [4.69, 9.17) is 0 Å². The summed E-state index contributed by atoms with van der Waals surface area (Å²) in [5.74, 6) is -0.0669. The molecule has 2 nitrogen and oxygen atoms in total. The maximum atomic E-state index is 13.6. The van der Waals surface area contributed by atoms with E-state index in [2.05, 4.69) is 10.2 Å². The van der Waals surface area contributed by atoms with E-state index in [1.807, 2.05) is 7.05 Å². The highest BCUT2D eigenvalue weighted by Crippen LogP contribution is 2.19. The van der Waals surface area contributed by atoms with E-state index in [0.717, 1.165) is 26.1 Å². The quantitative estimate of drug-likeness (QED) is 0.917. The molecule has 2 rings (SSSR count). The summed E-state index contributed by atoms with van der Waals surface area (Å²) in [7, 11) is 1.95. The van der Waals surface area contributed by atoms with Gasteiger partial charge in [0.25, 0.3) is 0 Å². The van der Waals surface area contributed by atoms with Gasteiger partial charge in [-0.1, -0.05) is 0 Å². The molecule has 0 aliphatic carbocycles. The fraction of sp³-hybridized carbons (Fsp3) is 0.571. The number of hydrogen-bond donors (Lipinski definition) is 1. The summed E-state index contributed by atoms with van der Waals surface area (Å²) in [4.78, 5) is 2.21. The number of likely N-dealkylation sites (tertiary alicyclic amines) is 1. The molecule has 1 aromatic rings. The smallest absolute Gasteiger partial charge is 0.127 e. The van der Waals surface area contributed by atoms with E-state index in [-0.39, 0.29) is 24.0 Å². The van der Waals surface area contributed by atoms with Crippen molar-refractivity contribution < 1.29 is 8.78 Å². The monoisotopic (exact) mass is 290 g/mol. The van der Waals surface area contributed by atoms with Crippen molar-refractivity contribution in [2.45, 2.75) is 19.4 Å². The number of benzene rings is 1. The van der Waals surface area contributed by atoms with E-state index < -0.39 is 0 Å². The molecule has 5 heteroatoms. The first kappa shape index (κ1) is 16.3. The highest BCUT2D eigenvalue weighted by atomic mass is 35.5. The van der Waals surface area contributed by atoms with Crippen molar-refractivity contribution in [3.63, 3.8) is 0 Å². The molecule has 1 fully saturated rings. The van der Waals surface area contributed by atoms with Gasteiger partial charge in [-0.15, -0.1) is 12.4 Å². The first-order chi connectivity index (χ1) is 8.69. The molecule has 108 valence electrons. The second-order valence-corrected chi connectivity index (χ2v) is 5.04. The number of nitrogens with one attached hydrogen (secondary N) is 1. The Bertz CT molecular complexity index is 399. The van der Waals surface area contributed by atoms with Crippen LogP contribution in [0, 0.1) is 17.6 Å². The van der Waals surface area contributed by atoms with Gasteiger partial charge in [0.15, 0.2) is 0 Å². The van der Waals surface area contributed by atoms with Crippen LogP contribution in [0.15, 0.2) is 18.2 Å². The summed E-state index contributed by atoms with van der Waals surface area (Å²) in [6.07, 6.45) is 2.34. The van der Waals surface area contributed by atoms with E-state index in [9.17, 15) is 8.78 Å². The van der Waals surface area contributed by atoms with Crippen LogP contribution >= 0.6 is 12.4 Å². The molecule has 0 bridgehead atoms. The van der Waals surface area contributed by atoms with Crippen LogP contribution in [-0.2, 0) is 6.54 Å². The third kappa shape index (κ3) is 4.71. The average molecular weight is 291 g/mol. The van der Waals surface area contributed by atoms with Gasteiger partial charge in [-0.05, 0) is 57.1 Å². The first-order valence-electron chi connectivity index (χ1n) is 6.50. The van der Waals surface area contributed by atoms with Crippen LogP contribution in [0.3, 0.4) is 0 Å². The Balaban J connectivity index is 0.00000180. The molecule has 0 saturated carbocycles. The SMILES string of the molecule is CNCC1CCCN(Cc2cc(F)ccc2F)C1.Cl. The van der Waals surface area contributed by atoms with Crippen molar-refractivity contribution in [1.82, 2.24) is 10.2 Å². The molecule has 1 unspecified atom stereocenters. The van der Waals surface area contributed by atoms with Crippen molar-refractivity contribution in [2.75, 3.05) is 26.7 Å². The van der Waals surface area contributed by atoms with Gasteiger partial charge in [0.2, 0.25) is 0 Å². The van der Waals surface area contributed by atoms with Gasteiger partial charge < -0.3 is 5.32 Å². The number of nitrogens with zero attached hydrogens (tertiary/aromatic N) is 1. The third-order valence-electron chi connectivity index (χ3n) is 3.50. The van der Waals surface area contributed by atoms with Gasteiger partial charge in [-0.25, -0.2) is 8.78 Å². The molecule has 1 aromatic carbocycles. The first-order valence-corrected chi connectivity index (χ1v) is 6.50. The number of piperidine rings is 1. The van der Waals surface area contributed by atoms with Gasteiger partial charge in [-0.2, -0.15) is 0 Å². The molecule has 1 aliphatic heterocycles. The zero-order valence-corrected chi connectivity index (χ0v) is 12.0. The van der Waals surface area contributed by atoms with Gasteiger partial charge in [-0.3, -0.25) is 4.90 Å². The lowest BCUT2D eigenvalue weighted by molar-refractivity contribution is 0.165. The summed E-state index contributed by atoms with van der Waals surface area (Å²) in [5.41, 5.74) is 0.458. The van der Waals surface area contributed by atoms with Crippen LogP contribution in [0.2, 0.25) is 0 Å². The largest absolute Gasteiger partial charge is 0.319 e. The molecule has 0 spiro atoms. The van der Waals surface area contributed by atoms with E-state index in [1.54, 1.807) is 0 Å². The Kier molecular flexibility index (Phi) is 6.69. The third-order valence-corrected chi connectivity index (χ3v) is 3.50. The van der Waals surface area contributed by atoms with Crippen LogP contribution in [0.4, 0.5) is 8.78 Å². The van der Waals surface area contributed by atoms with Crippen LogP contribution < -0.4 is 5.32 Å². The summed E-state index contributed by atoms with van der Waals surface area (Å²) in [6, 6.07) is 3.68. The zero-order chi connectivity index (χ0) is 13.0. The van der Waals surface area contributed by atoms with Gasteiger partial charge >= 0.3 is 0 Å². The van der Waals surface area contributed by atoms with Gasteiger partial charge in [0, 0.05) is 18.7 Å². The van der Waals surface area contributed by atoms with Crippen LogP contribution in [-0.4, -0.2) is 31.6 Å². The maximum absolute atomic E-state index is 13.6. The Morgan fingerprint density at radius 1 is 1.37 bits per heavy atom. The van der Waals surface area contributed by atoms with Crippen molar-refractivity contribution >= 4 is 12.4 Å². The fourth-order valence-electron chi connectivity index (χ4n) is 2.66. The number of rotatable bonds is 4. The minimum atomic E-state index is -0.366. The van der Waals surface area contributed by atoms with Gasteiger partial charge in [0.1, 0.15) is 11.6 Å². The second kappa shape index (κ2) is 7.78. The summed E-state index contributed by atoms with van der Waals surface area (Å²) in [6.45, 7) is 3.42. The Morgan fingerprint density at radius 2 is 2.16 bits per heavy atom. The van der Waals surface area contributed by atoms with Crippen LogP contribution in [0.5, 0.6) is 0 Å². The predicted octanol–water partition coefficient (Wildman–Crippen LogP) is 2.82. The average Bonchev–Trinajstić information content (AvgIpc) is 2.35. The lowest BCUT2D eigenvalue weighted by Gasteiger charge is -2.32. The topological polar surface area (TPSA) is 15.3 Å². The van der Waals surface area contributed by atoms with E-state index >= 15 is 0 Å². The summed E-state index contributed by atoms with van der Waals surface area (Å²) in [5, 5.41) is 3.18. The summed E-state index contributed by atoms with van der Waals surface area (Å²) >= 11 is 0. The van der Waals surface area contributed by atoms with E-state index in [0.29, 0.717) is 18.0 Å². The normalized spacial score (nSPS) is 20.1. The highest BCUT2D eigenvalue weighted by Gasteiger charge is 2.20. The fourth-order valence-corrected chi connectivity index (χ4v) is 2.66. The lowest BCUT2D eigenvalue weighted by Crippen LogP contribution is -2.38. The van der Waals surface area contributed by atoms with E-state index in [1.165, 1.54) is 24.6 Å². The molecule has 1 saturated heterocycles. The molecular weight excluding hydrogens is 270 g/mol. The minimum absolute atomic E-state index is 0. The maximum Gasteiger partial charge on any atom is 0.127 e. The van der Waals surface area contributed by atoms with Crippen molar-refractivity contribution in [2.24, 2.45) is 5.92 Å². The Hall–Kier alpha value is -0.710. The standard InChI is InChI=1S/C14H20F2N2.ClH/c1-17-8-11-3-2-6-18(9-11)10-12-7-13(15)4-5-14(12)16;/h4-5,7,11,17H,2-3,6,8-10H2,1H3;1H. The molecule has 1 heterocycles. The Morgan fingerprint density at radius 3 is 2.89 bits per heavy atom. The minimum Gasteiger partial charge on any atom is -0.319 e. The lowest BCUT2D eigenvalue weighted by atomic mass is 9.97. The molecule has 1 atom stereocenters. The van der Waals surface area contributed by atoms with Crippen molar-refractivity contribution in [3.05, 3.63) is 35.4 Å². The summed E-state index contributed by atoms with van der Waals surface area (Å²) < 4.78 is 26.7. The number of halogens is 3.